The molecule has 0 bridgehead atoms. The summed E-state index contributed by atoms with van der Waals surface area (Å²) in [5, 5.41) is 7.53. The number of anilines is 6. The lowest BCUT2D eigenvalue weighted by molar-refractivity contribution is 1.30. The lowest BCUT2D eigenvalue weighted by Gasteiger charge is -2.28. The van der Waals surface area contributed by atoms with Gasteiger partial charge in [-0.25, -0.2) is 0 Å². The van der Waals surface area contributed by atoms with Crippen LogP contribution in [0.2, 0.25) is 0 Å². The monoisotopic (exact) mass is 902 g/mol. The van der Waals surface area contributed by atoms with Gasteiger partial charge < -0.3 is 9.80 Å². The van der Waals surface area contributed by atoms with Crippen LogP contribution in [0.1, 0.15) is 0 Å². The van der Waals surface area contributed by atoms with Gasteiger partial charge in [-0.1, -0.05) is 194 Å². The zero-order valence-electron chi connectivity index (χ0n) is 37.0. The minimum Gasteiger partial charge on any atom is -0.309 e. The summed E-state index contributed by atoms with van der Waals surface area (Å²) >= 11 is 3.75. The zero-order valence-corrected chi connectivity index (χ0v) is 38.6. The van der Waals surface area contributed by atoms with E-state index in [0.717, 1.165) is 39.6 Å². The topological polar surface area (TPSA) is 6.48 Å². The highest BCUT2D eigenvalue weighted by molar-refractivity contribution is 7.27. The largest absolute Gasteiger partial charge is 0.309 e. The Labute approximate surface area is 403 Å². The second kappa shape index (κ2) is 16.9. The molecule has 2 nitrogen and oxygen atoms in total. The van der Waals surface area contributed by atoms with Crippen molar-refractivity contribution in [3.05, 3.63) is 255 Å². The Morgan fingerprint density at radius 2 is 0.721 bits per heavy atom. The molecule has 0 spiro atoms. The number of rotatable bonds is 9. The van der Waals surface area contributed by atoms with E-state index >= 15 is 0 Å². The second-order valence-corrected chi connectivity index (χ2v) is 19.3. The maximum Gasteiger partial charge on any atom is 0.0640 e. The van der Waals surface area contributed by atoms with Gasteiger partial charge in [-0.3, -0.25) is 0 Å². The van der Waals surface area contributed by atoms with Crippen LogP contribution in [0, 0.1) is 0 Å². The number of fused-ring (bicyclic) bond motifs is 7. The van der Waals surface area contributed by atoms with Gasteiger partial charge in [0, 0.05) is 53.4 Å². The fourth-order valence-electron chi connectivity index (χ4n) is 10.1. The molecular formula is C64H42N2S2. The van der Waals surface area contributed by atoms with Crippen molar-refractivity contribution in [3.8, 4) is 33.4 Å². The summed E-state index contributed by atoms with van der Waals surface area (Å²) in [7, 11) is 0. The molecule has 0 aliphatic rings. The van der Waals surface area contributed by atoms with Gasteiger partial charge in [-0.05, 0) is 99.4 Å². The van der Waals surface area contributed by atoms with E-state index in [-0.39, 0.29) is 0 Å². The normalized spacial score (nSPS) is 11.5. The summed E-state index contributed by atoms with van der Waals surface area (Å²) in [6.07, 6.45) is 0. The molecule has 13 aromatic rings. The third-order valence-electron chi connectivity index (χ3n) is 13.2. The van der Waals surface area contributed by atoms with Crippen molar-refractivity contribution in [2.24, 2.45) is 0 Å². The predicted octanol–water partition coefficient (Wildman–Crippen LogP) is 19.5. The summed E-state index contributed by atoms with van der Waals surface area (Å²) in [6, 6.07) is 93.1. The molecule has 2 heterocycles. The van der Waals surface area contributed by atoms with Gasteiger partial charge in [0.2, 0.25) is 0 Å². The van der Waals surface area contributed by atoms with E-state index in [1.54, 1.807) is 0 Å². The minimum atomic E-state index is 1.09. The molecule has 0 aliphatic heterocycles. The molecule has 0 fully saturated rings. The van der Waals surface area contributed by atoms with Crippen LogP contribution in [0.4, 0.5) is 34.1 Å². The van der Waals surface area contributed by atoms with E-state index < -0.39 is 0 Å². The number of thiophene rings is 2. The molecule has 0 saturated heterocycles. The Hall–Kier alpha value is -8.28. The molecule has 320 valence electrons. The molecule has 0 atom stereocenters. The van der Waals surface area contributed by atoms with Crippen LogP contribution in [0.15, 0.2) is 255 Å². The Morgan fingerprint density at radius 3 is 1.46 bits per heavy atom. The Morgan fingerprint density at radius 1 is 0.250 bits per heavy atom. The van der Waals surface area contributed by atoms with Gasteiger partial charge in [0.15, 0.2) is 0 Å². The first kappa shape index (κ1) is 40.0. The first-order valence-corrected chi connectivity index (χ1v) is 24.7. The molecule has 68 heavy (non-hydrogen) atoms. The molecule has 0 amide bonds. The Balaban J connectivity index is 0.979. The lowest BCUT2D eigenvalue weighted by atomic mass is 10.0. The zero-order chi connectivity index (χ0) is 45.0. The van der Waals surface area contributed by atoms with E-state index in [1.165, 1.54) is 79.1 Å². The number of benzene rings is 11. The molecular weight excluding hydrogens is 861 g/mol. The van der Waals surface area contributed by atoms with Gasteiger partial charge in [0.25, 0.3) is 0 Å². The van der Waals surface area contributed by atoms with Crippen LogP contribution < -0.4 is 9.80 Å². The van der Waals surface area contributed by atoms with Crippen molar-refractivity contribution in [1.82, 2.24) is 0 Å². The van der Waals surface area contributed by atoms with Crippen molar-refractivity contribution < 1.29 is 0 Å². The molecule has 0 saturated carbocycles. The maximum atomic E-state index is 2.47. The summed E-state index contributed by atoms with van der Waals surface area (Å²) in [5.41, 5.74) is 13.9. The van der Waals surface area contributed by atoms with Crippen LogP contribution in [0.3, 0.4) is 0 Å². The van der Waals surface area contributed by atoms with Crippen molar-refractivity contribution in [3.63, 3.8) is 0 Å². The van der Waals surface area contributed by atoms with Crippen molar-refractivity contribution in [2.45, 2.75) is 0 Å². The number of nitrogens with zero attached hydrogens (tertiary/aromatic N) is 2. The van der Waals surface area contributed by atoms with Gasteiger partial charge in [0.1, 0.15) is 0 Å². The summed E-state index contributed by atoms with van der Waals surface area (Å²) in [4.78, 5) is 4.92. The minimum absolute atomic E-state index is 1.09. The highest BCUT2D eigenvalue weighted by Crippen LogP contribution is 2.49. The highest BCUT2D eigenvalue weighted by Gasteiger charge is 2.23. The molecule has 4 heteroatoms. The fraction of sp³-hybridized carbons (Fsp3) is 0. The van der Waals surface area contributed by atoms with Crippen LogP contribution in [-0.4, -0.2) is 0 Å². The van der Waals surface area contributed by atoms with Crippen molar-refractivity contribution in [1.29, 1.82) is 0 Å². The van der Waals surface area contributed by atoms with Crippen molar-refractivity contribution in [2.75, 3.05) is 9.80 Å². The van der Waals surface area contributed by atoms with E-state index in [2.05, 4.69) is 265 Å². The second-order valence-electron chi connectivity index (χ2n) is 17.2. The average Bonchev–Trinajstić information content (AvgIpc) is 4.00. The highest BCUT2D eigenvalue weighted by atomic mass is 32.1. The van der Waals surface area contributed by atoms with Crippen molar-refractivity contribution >= 4 is 108 Å². The van der Waals surface area contributed by atoms with E-state index in [1.807, 2.05) is 22.7 Å². The predicted molar refractivity (Wildman–Crippen MR) is 295 cm³/mol. The third kappa shape index (κ3) is 6.93. The molecule has 0 aliphatic carbocycles. The molecule has 2 aromatic heterocycles. The Bertz CT molecular complexity index is 3980. The third-order valence-corrected chi connectivity index (χ3v) is 15.7. The van der Waals surface area contributed by atoms with E-state index in [0.29, 0.717) is 0 Å². The van der Waals surface area contributed by atoms with E-state index in [4.69, 9.17) is 0 Å². The van der Waals surface area contributed by atoms with E-state index in [9.17, 15) is 0 Å². The average molecular weight is 903 g/mol. The summed E-state index contributed by atoms with van der Waals surface area (Å²) in [5.74, 6) is 0. The lowest BCUT2D eigenvalue weighted by Crippen LogP contribution is -2.11. The molecule has 0 unspecified atom stereocenters. The van der Waals surface area contributed by atoms with Crippen LogP contribution in [0.25, 0.3) is 84.5 Å². The first-order chi connectivity index (χ1) is 33.7. The first-order valence-electron chi connectivity index (χ1n) is 23.1. The molecule has 11 aromatic carbocycles. The smallest absolute Gasteiger partial charge is 0.0640 e. The quantitative estimate of drug-likeness (QED) is 0.142. The molecule has 13 rings (SSSR count). The van der Waals surface area contributed by atoms with Crippen LogP contribution in [0.5, 0.6) is 0 Å². The summed E-state index contributed by atoms with van der Waals surface area (Å²) in [6.45, 7) is 0. The van der Waals surface area contributed by atoms with Gasteiger partial charge >= 0.3 is 0 Å². The molecule has 0 N–H and O–H groups in total. The number of hydrogen-bond acceptors (Lipinski definition) is 4. The maximum absolute atomic E-state index is 2.47. The van der Waals surface area contributed by atoms with Gasteiger partial charge in [-0.2, -0.15) is 0 Å². The van der Waals surface area contributed by atoms with Gasteiger partial charge in [-0.15, -0.1) is 22.7 Å². The summed E-state index contributed by atoms with van der Waals surface area (Å²) < 4.78 is 5.12. The molecule has 0 radical (unpaired) electrons. The van der Waals surface area contributed by atoms with Gasteiger partial charge in [0.05, 0.1) is 26.5 Å². The number of hydrogen-bond donors (Lipinski definition) is 0. The van der Waals surface area contributed by atoms with Crippen LogP contribution in [-0.2, 0) is 0 Å². The SMILES string of the molecule is c1ccc(-c2ccc(N(c3cccc(-c4cccc(N(c5cccc6ccccc56)c5cccc6c5sc5ccccc56)c4)c3)c3cccc4c3sc3c(-c5ccccc5)cccc34)cc2)cc1. The van der Waals surface area contributed by atoms with Crippen LogP contribution >= 0.6 is 22.7 Å². The Kier molecular flexibility index (Phi) is 9.93. The standard InChI is InChI=1S/C64H42N2S2/c1-3-17-43(18-4-1)44-37-39-49(40-38-44)65(59-34-16-32-57-56-30-14-29-53(62(56)68-64(57)59)46-19-5-2-6-20-46)50-25-11-23-47(41-50)48-24-12-26-51(42-48)66(58-33-13-22-45-21-7-8-27-52(45)58)60-35-15-31-55-54-28-9-10-36-61(54)67-63(55)60/h1-42H. The fourth-order valence-corrected chi connectivity index (χ4v) is 12.6.